The third-order valence-electron chi connectivity index (χ3n) is 4.16. The Morgan fingerprint density at radius 3 is 2.43 bits per heavy atom. The number of piperidine rings is 1. The Kier molecular flexibility index (Phi) is 7.58. The highest BCUT2D eigenvalue weighted by Gasteiger charge is 2.50. The zero-order valence-electron chi connectivity index (χ0n) is 17.1. The predicted octanol–water partition coefficient (Wildman–Crippen LogP) is 0.869. The average Bonchev–Trinajstić information content (AvgIpc) is 2.86. The van der Waals surface area contributed by atoms with Crippen molar-refractivity contribution < 1.29 is 31.8 Å². The van der Waals surface area contributed by atoms with Gasteiger partial charge in [0.05, 0.1) is 10.1 Å². The summed E-state index contributed by atoms with van der Waals surface area (Å²) in [5.41, 5.74) is 1.31. The molecule has 0 unspecified atom stereocenters. The van der Waals surface area contributed by atoms with Gasteiger partial charge in [-0.05, 0) is 19.4 Å². The lowest BCUT2D eigenvalue weighted by Gasteiger charge is -2.37. The Labute approximate surface area is 167 Å². The van der Waals surface area contributed by atoms with Gasteiger partial charge in [0.1, 0.15) is 32.4 Å². The fraction of sp³-hybridized carbons (Fsp3) is 0.632. The molecule has 0 bridgehead atoms. The minimum absolute atomic E-state index is 0.0202. The Morgan fingerprint density at radius 1 is 1.25 bits per heavy atom. The molecule has 0 amide bonds. The fourth-order valence-corrected chi connectivity index (χ4v) is 3.30. The molecule has 0 aromatic heterocycles. The van der Waals surface area contributed by atoms with Crippen molar-refractivity contribution in [2.24, 2.45) is 0 Å². The summed E-state index contributed by atoms with van der Waals surface area (Å²) in [6.45, 7) is 6.54. The molecule has 0 radical (unpaired) electrons. The van der Waals surface area contributed by atoms with Crippen LogP contribution in [0.4, 0.5) is 0 Å². The van der Waals surface area contributed by atoms with Crippen LogP contribution in [0.2, 0.25) is 0 Å². The van der Waals surface area contributed by atoms with Crippen molar-refractivity contribution in [1.82, 2.24) is 4.90 Å². The van der Waals surface area contributed by atoms with E-state index in [1.165, 1.54) is 5.56 Å². The maximum absolute atomic E-state index is 9.08. The molecule has 3 atom stereocenters. The van der Waals surface area contributed by atoms with Crippen LogP contribution in [0.5, 0.6) is 0 Å². The van der Waals surface area contributed by atoms with E-state index >= 15 is 0 Å². The molecule has 2 fully saturated rings. The molecule has 0 N–H and O–H groups in total. The molecule has 2 heterocycles. The molecule has 0 saturated carbocycles. The molecule has 3 rings (SSSR count). The third-order valence-corrected chi connectivity index (χ3v) is 4.16. The summed E-state index contributed by atoms with van der Waals surface area (Å²) in [4.78, 5) is 2.38. The topological polar surface area (TPSA) is 91.1 Å². The number of likely N-dealkylation sites (tertiary alicyclic amines) is 1. The Bertz CT molecular complexity index is 754. The highest BCUT2D eigenvalue weighted by atomic mass is 32.2. The molecule has 2 saturated heterocycles. The first-order valence-electron chi connectivity index (χ1n) is 9.11. The van der Waals surface area contributed by atoms with Crippen LogP contribution in [0.1, 0.15) is 19.4 Å². The molecule has 0 aliphatic carbocycles. The highest BCUT2D eigenvalue weighted by molar-refractivity contribution is 7.84. The van der Waals surface area contributed by atoms with Gasteiger partial charge in [0, 0.05) is 25.9 Å². The van der Waals surface area contributed by atoms with Gasteiger partial charge < -0.3 is 18.8 Å². The molecule has 2 aliphatic rings. The van der Waals surface area contributed by atoms with Crippen LogP contribution in [-0.2, 0) is 30.9 Å². The number of fused-ring (bicyclic) bond motifs is 1. The number of hydrogen-bond acceptors (Lipinski definition) is 7. The van der Waals surface area contributed by atoms with E-state index in [9.17, 15) is 0 Å². The van der Waals surface area contributed by atoms with Gasteiger partial charge in [-0.15, -0.1) is 0 Å². The van der Waals surface area contributed by atoms with Crippen LogP contribution in [0.3, 0.4) is 0 Å². The second-order valence-electron chi connectivity index (χ2n) is 7.77. The Balaban J connectivity index is 0.000000500. The molecular formula is C19H30N2O6S. The summed E-state index contributed by atoms with van der Waals surface area (Å²) in [7, 11) is -0.00399. The van der Waals surface area contributed by atoms with Gasteiger partial charge in [0.15, 0.2) is 5.79 Å². The van der Waals surface area contributed by atoms with E-state index in [4.69, 9.17) is 27.2 Å². The van der Waals surface area contributed by atoms with E-state index in [2.05, 4.69) is 29.2 Å². The molecule has 158 valence electrons. The molecule has 28 heavy (non-hydrogen) atoms. The molecule has 9 heteroatoms. The number of nitrogens with zero attached hydrogens (tertiary/aromatic N) is 2. The van der Waals surface area contributed by atoms with Crippen molar-refractivity contribution in [3.05, 3.63) is 35.9 Å². The van der Waals surface area contributed by atoms with E-state index < -0.39 is 15.9 Å². The van der Waals surface area contributed by atoms with Crippen LogP contribution < -0.4 is 0 Å². The van der Waals surface area contributed by atoms with E-state index in [0.717, 1.165) is 19.6 Å². The average molecular weight is 415 g/mol. The summed E-state index contributed by atoms with van der Waals surface area (Å²) >= 11 is 0. The lowest BCUT2D eigenvalue weighted by molar-refractivity contribution is -0.469. The maximum atomic E-state index is 9.08. The number of rotatable bonds is 4. The van der Waals surface area contributed by atoms with Crippen LogP contribution in [0.25, 0.3) is 0 Å². The van der Waals surface area contributed by atoms with Crippen LogP contribution in [0, 0.1) is 0 Å². The molecule has 0 spiro atoms. The zero-order chi connectivity index (χ0) is 20.9. The van der Waals surface area contributed by atoms with Gasteiger partial charge >= 0.3 is 6.40 Å². The van der Waals surface area contributed by atoms with Crippen molar-refractivity contribution in [2.45, 2.75) is 44.5 Å². The van der Waals surface area contributed by atoms with E-state index in [0.29, 0.717) is 6.26 Å². The first-order valence-corrected chi connectivity index (χ1v) is 10.9. The normalized spacial score (nSPS) is 26.6. The first-order chi connectivity index (χ1) is 12.9. The molecule has 8 nitrogen and oxygen atoms in total. The Hall–Kier alpha value is -1.52. The predicted molar refractivity (Wildman–Crippen MR) is 104 cm³/mol. The molecule has 1 aromatic carbocycles. The number of ether oxygens (including phenoxy) is 3. The molecule has 1 aromatic rings. The lowest BCUT2D eigenvalue weighted by atomic mass is 10.0. The van der Waals surface area contributed by atoms with Gasteiger partial charge in [-0.1, -0.05) is 30.3 Å². The zero-order valence-corrected chi connectivity index (χ0v) is 17.9. The fourth-order valence-electron chi connectivity index (χ4n) is 3.30. The van der Waals surface area contributed by atoms with Gasteiger partial charge in [-0.25, -0.2) is 13.0 Å². The standard InChI is InChI=1S/C18H27N2O3.CH4O3S/c1-18(2)22-16-12-20(10-14-8-6-5-7-9-14)11-15(17(16)23-18)21-13-19(3)4;1-5(2,3)4/h5-9,13,15-17H,10-12H2,1-4H3;1H3,(H,2,3,4)/q+1;/p-1/t15-,16+,17-;/m1./s1. The van der Waals surface area contributed by atoms with Crippen molar-refractivity contribution in [2.75, 3.05) is 33.4 Å². The van der Waals surface area contributed by atoms with Crippen molar-refractivity contribution >= 4 is 16.5 Å². The van der Waals surface area contributed by atoms with Gasteiger partial charge in [-0.2, -0.15) is 0 Å². The summed E-state index contributed by atoms with van der Waals surface area (Å²) < 4.78 is 47.3. The molecule has 2 aliphatic heterocycles. The first kappa shape index (κ1) is 22.8. The van der Waals surface area contributed by atoms with Crippen molar-refractivity contribution in [1.29, 1.82) is 0 Å². The monoisotopic (exact) mass is 414 g/mol. The van der Waals surface area contributed by atoms with E-state index in [-0.39, 0.29) is 18.3 Å². The summed E-state index contributed by atoms with van der Waals surface area (Å²) in [5.74, 6) is -0.544. The summed E-state index contributed by atoms with van der Waals surface area (Å²) in [6.07, 6.45) is 2.35. The van der Waals surface area contributed by atoms with Crippen molar-refractivity contribution in [3.8, 4) is 0 Å². The van der Waals surface area contributed by atoms with Gasteiger partial charge in [-0.3, -0.25) is 4.90 Å². The second-order valence-corrected chi connectivity index (χ2v) is 9.17. The quantitative estimate of drug-likeness (QED) is 0.312. The molecular weight excluding hydrogens is 384 g/mol. The SMILES string of the molecule is CS(=O)(=O)[O-].C[N+](C)=CO[C@@H]1CN(Cc2ccccc2)C[C@@H]2OC(C)(C)O[C@@H]21. The van der Waals surface area contributed by atoms with E-state index in [1.54, 1.807) is 6.40 Å². The lowest BCUT2D eigenvalue weighted by Crippen LogP contribution is -2.54. The smallest absolute Gasteiger partial charge is 0.323 e. The maximum Gasteiger partial charge on any atom is 0.323 e. The third kappa shape index (κ3) is 7.84. The van der Waals surface area contributed by atoms with Gasteiger partial charge in [0.2, 0.25) is 0 Å². The van der Waals surface area contributed by atoms with Crippen LogP contribution in [-0.4, -0.2) is 86.4 Å². The van der Waals surface area contributed by atoms with Crippen molar-refractivity contribution in [3.63, 3.8) is 0 Å². The summed E-state index contributed by atoms with van der Waals surface area (Å²) in [6, 6.07) is 10.5. The van der Waals surface area contributed by atoms with Crippen LogP contribution in [0.15, 0.2) is 30.3 Å². The van der Waals surface area contributed by atoms with E-state index in [1.807, 2.05) is 38.6 Å². The van der Waals surface area contributed by atoms with Crippen LogP contribution >= 0.6 is 0 Å². The van der Waals surface area contributed by atoms with Gasteiger partial charge in [0.25, 0.3) is 0 Å². The number of hydrogen-bond donors (Lipinski definition) is 0. The largest absolute Gasteiger partial charge is 0.748 e. The minimum Gasteiger partial charge on any atom is -0.748 e. The highest BCUT2D eigenvalue weighted by Crippen LogP contribution is 2.34. The minimum atomic E-state index is -3.92. The second kappa shape index (κ2) is 9.32. The summed E-state index contributed by atoms with van der Waals surface area (Å²) in [5, 5.41) is 0. The number of benzene rings is 1. The Morgan fingerprint density at radius 2 is 1.86 bits per heavy atom.